The zero-order valence-corrected chi connectivity index (χ0v) is 10.8. The number of hydrogen-bond donors (Lipinski definition) is 0. The molecule has 0 atom stereocenters. The average Bonchev–Trinajstić information content (AvgIpc) is 2.87. The van der Waals surface area contributed by atoms with Crippen LogP contribution in [0.15, 0.2) is 77.0 Å². The molecule has 4 rings (SSSR count). The van der Waals surface area contributed by atoms with Crippen LogP contribution in [0.4, 0.5) is 5.69 Å². The van der Waals surface area contributed by atoms with Crippen LogP contribution < -0.4 is 0 Å². The van der Waals surface area contributed by atoms with E-state index in [0.29, 0.717) is 0 Å². The van der Waals surface area contributed by atoms with Gasteiger partial charge in [0.2, 0.25) is 0 Å². The van der Waals surface area contributed by atoms with E-state index in [9.17, 15) is 0 Å². The fourth-order valence-electron chi connectivity index (χ4n) is 2.62. The van der Waals surface area contributed by atoms with E-state index in [-0.39, 0.29) is 0 Å². The second kappa shape index (κ2) is 4.42. The summed E-state index contributed by atoms with van der Waals surface area (Å²) in [6.45, 7) is 0. The van der Waals surface area contributed by atoms with Gasteiger partial charge in [0.25, 0.3) is 0 Å². The molecule has 0 saturated heterocycles. The Hall–Kier alpha value is -2.74. The molecule has 0 spiro atoms. The minimum atomic E-state index is 0.872. The Kier molecular flexibility index (Phi) is 2.46. The Labute approximate surface area is 117 Å². The lowest BCUT2D eigenvalue weighted by Gasteiger charge is -2.01. The van der Waals surface area contributed by atoms with Gasteiger partial charge in [-0.25, -0.2) is 0 Å². The van der Waals surface area contributed by atoms with E-state index in [1.165, 1.54) is 16.3 Å². The van der Waals surface area contributed by atoms with E-state index >= 15 is 0 Å². The van der Waals surface area contributed by atoms with Gasteiger partial charge in [-0.3, -0.25) is 0 Å². The lowest BCUT2D eigenvalue weighted by molar-refractivity contribution is 1.25. The number of hydrogen-bond acceptors (Lipinski definition) is 2. The van der Waals surface area contributed by atoms with Crippen molar-refractivity contribution in [3.8, 4) is 0 Å². The van der Waals surface area contributed by atoms with Gasteiger partial charge in [-0.15, -0.1) is 5.11 Å². The van der Waals surface area contributed by atoms with Crippen LogP contribution in [-0.4, -0.2) is 0 Å². The highest BCUT2D eigenvalue weighted by Crippen LogP contribution is 2.37. The Bertz CT molecular complexity index is 840. The third-order valence-corrected chi connectivity index (χ3v) is 3.53. The van der Waals surface area contributed by atoms with Crippen LogP contribution in [-0.2, 0) is 0 Å². The van der Waals surface area contributed by atoms with E-state index in [1.54, 1.807) is 0 Å². The summed E-state index contributed by atoms with van der Waals surface area (Å²) in [5.74, 6) is 0. The predicted molar refractivity (Wildman–Crippen MR) is 82.8 cm³/mol. The monoisotopic (exact) mass is 256 g/mol. The normalized spacial score (nSPS) is 13.1. The van der Waals surface area contributed by atoms with Gasteiger partial charge in [-0.2, -0.15) is 5.11 Å². The molecule has 2 heteroatoms. The van der Waals surface area contributed by atoms with Crippen LogP contribution in [0.5, 0.6) is 0 Å². The third-order valence-electron chi connectivity index (χ3n) is 3.53. The number of nitrogens with zero attached hydrogens (tertiary/aromatic N) is 2. The van der Waals surface area contributed by atoms with Gasteiger partial charge >= 0.3 is 0 Å². The highest BCUT2D eigenvalue weighted by Gasteiger charge is 2.15. The van der Waals surface area contributed by atoms with E-state index < -0.39 is 0 Å². The standard InChI is InChI=1S/C18H12N2/c1-2-9-15(10-3-1)19-20-17-12-14-8-4-6-13-7-5-11-16(17)18(13)14/h1-12H/b20-19+. The molecule has 0 heterocycles. The molecule has 1 aliphatic rings. The summed E-state index contributed by atoms with van der Waals surface area (Å²) in [6.07, 6.45) is 2.10. The molecule has 0 aromatic heterocycles. The zero-order valence-electron chi connectivity index (χ0n) is 10.8. The maximum absolute atomic E-state index is 4.42. The lowest BCUT2D eigenvalue weighted by Crippen LogP contribution is -1.79. The summed E-state index contributed by atoms with van der Waals surface area (Å²) in [5, 5.41) is 11.3. The molecule has 3 aromatic carbocycles. The third kappa shape index (κ3) is 1.74. The zero-order chi connectivity index (χ0) is 13.4. The van der Waals surface area contributed by atoms with Crippen LogP contribution in [0.3, 0.4) is 0 Å². The van der Waals surface area contributed by atoms with Crippen molar-refractivity contribution in [3.05, 3.63) is 77.9 Å². The summed E-state index contributed by atoms with van der Waals surface area (Å²) in [4.78, 5) is 0. The predicted octanol–water partition coefficient (Wildman–Crippen LogP) is 5.44. The molecule has 0 fully saturated rings. The molecule has 0 unspecified atom stereocenters. The first kappa shape index (κ1) is 11.1. The molecular formula is C18H12N2. The maximum Gasteiger partial charge on any atom is 0.0941 e. The summed E-state index contributed by atoms with van der Waals surface area (Å²) in [7, 11) is 0. The molecular weight excluding hydrogens is 244 g/mol. The van der Waals surface area contributed by atoms with Crippen molar-refractivity contribution >= 4 is 28.2 Å². The fourth-order valence-corrected chi connectivity index (χ4v) is 2.62. The molecule has 94 valence electrons. The van der Waals surface area contributed by atoms with Crippen molar-refractivity contribution in [2.75, 3.05) is 0 Å². The SMILES string of the molecule is C1=C(/N=N/c2ccccc2)c2cccc3cccc1c23. The Morgan fingerprint density at radius 2 is 1.45 bits per heavy atom. The maximum atomic E-state index is 4.42. The van der Waals surface area contributed by atoms with Gasteiger partial charge in [-0.05, 0) is 34.5 Å². The summed E-state index contributed by atoms with van der Waals surface area (Å²) < 4.78 is 0. The molecule has 0 saturated carbocycles. The largest absolute Gasteiger partial charge is 0.151 e. The average molecular weight is 256 g/mol. The number of rotatable bonds is 2. The number of benzene rings is 3. The van der Waals surface area contributed by atoms with Crippen molar-refractivity contribution in [2.24, 2.45) is 10.2 Å². The fraction of sp³-hybridized carbons (Fsp3) is 0. The van der Waals surface area contributed by atoms with Crippen LogP contribution in [0, 0.1) is 0 Å². The Balaban J connectivity index is 1.80. The topological polar surface area (TPSA) is 24.7 Å². The van der Waals surface area contributed by atoms with Gasteiger partial charge in [0.1, 0.15) is 0 Å². The first-order valence-corrected chi connectivity index (χ1v) is 6.62. The Morgan fingerprint density at radius 1 is 0.650 bits per heavy atom. The van der Waals surface area contributed by atoms with E-state index in [0.717, 1.165) is 16.9 Å². The van der Waals surface area contributed by atoms with Crippen molar-refractivity contribution in [2.45, 2.75) is 0 Å². The molecule has 3 aromatic rings. The van der Waals surface area contributed by atoms with Crippen molar-refractivity contribution < 1.29 is 0 Å². The first-order chi connectivity index (χ1) is 9.92. The van der Waals surface area contributed by atoms with E-state index in [1.807, 2.05) is 30.3 Å². The molecule has 20 heavy (non-hydrogen) atoms. The van der Waals surface area contributed by atoms with Gasteiger partial charge < -0.3 is 0 Å². The quantitative estimate of drug-likeness (QED) is 0.546. The molecule has 0 amide bonds. The molecule has 0 aliphatic heterocycles. The molecule has 0 N–H and O–H groups in total. The van der Waals surface area contributed by atoms with Gasteiger partial charge in [-0.1, -0.05) is 54.6 Å². The summed E-state index contributed by atoms with van der Waals surface area (Å²) in [5.41, 5.74) is 4.19. The van der Waals surface area contributed by atoms with Gasteiger partial charge in [0, 0.05) is 5.56 Å². The highest BCUT2D eigenvalue weighted by molar-refractivity contribution is 6.08. The van der Waals surface area contributed by atoms with Crippen LogP contribution in [0.2, 0.25) is 0 Å². The first-order valence-electron chi connectivity index (χ1n) is 6.62. The smallest absolute Gasteiger partial charge is 0.0941 e. The van der Waals surface area contributed by atoms with Gasteiger partial charge in [0.05, 0.1) is 11.4 Å². The van der Waals surface area contributed by atoms with Crippen LogP contribution in [0.25, 0.3) is 22.5 Å². The minimum Gasteiger partial charge on any atom is -0.151 e. The van der Waals surface area contributed by atoms with Crippen LogP contribution in [0.1, 0.15) is 11.1 Å². The second-order valence-corrected chi connectivity index (χ2v) is 4.82. The van der Waals surface area contributed by atoms with Gasteiger partial charge in [0.15, 0.2) is 0 Å². The second-order valence-electron chi connectivity index (χ2n) is 4.82. The lowest BCUT2D eigenvalue weighted by atomic mass is 10.0. The highest BCUT2D eigenvalue weighted by atomic mass is 15.1. The molecule has 0 bridgehead atoms. The van der Waals surface area contributed by atoms with E-state index in [2.05, 4.69) is 52.7 Å². The summed E-state index contributed by atoms with van der Waals surface area (Å²) in [6, 6.07) is 22.4. The van der Waals surface area contributed by atoms with Crippen LogP contribution >= 0.6 is 0 Å². The van der Waals surface area contributed by atoms with Crippen molar-refractivity contribution in [1.82, 2.24) is 0 Å². The molecule has 1 aliphatic carbocycles. The summed E-state index contributed by atoms with van der Waals surface area (Å²) >= 11 is 0. The minimum absolute atomic E-state index is 0.872. The van der Waals surface area contributed by atoms with Crippen molar-refractivity contribution in [1.29, 1.82) is 0 Å². The molecule has 0 radical (unpaired) electrons. The number of azo groups is 1. The van der Waals surface area contributed by atoms with E-state index in [4.69, 9.17) is 0 Å². The Morgan fingerprint density at radius 3 is 2.30 bits per heavy atom. The molecule has 2 nitrogen and oxygen atoms in total. The van der Waals surface area contributed by atoms with Crippen molar-refractivity contribution in [3.63, 3.8) is 0 Å².